The summed E-state index contributed by atoms with van der Waals surface area (Å²) in [6, 6.07) is 20.1. The largest absolute Gasteiger partial charge is 0.460 e. The Morgan fingerprint density at radius 3 is 2.30 bits per heavy atom. The van der Waals surface area contributed by atoms with Gasteiger partial charge in [0.15, 0.2) is 0 Å². The first-order valence-electron chi connectivity index (χ1n) is 9.46. The molecule has 0 bridgehead atoms. The highest BCUT2D eigenvalue weighted by Crippen LogP contribution is 2.43. The summed E-state index contributed by atoms with van der Waals surface area (Å²) in [5, 5.41) is 0. The van der Waals surface area contributed by atoms with Crippen LogP contribution in [0.2, 0.25) is 0 Å². The zero-order valence-corrected chi connectivity index (χ0v) is 15.1. The predicted octanol–water partition coefficient (Wildman–Crippen LogP) is 3.27. The molecule has 0 amide bonds. The second-order valence-electron chi connectivity index (χ2n) is 7.40. The summed E-state index contributed by atoms with van der Waals surface area (Å²) in [7, 11) is 0. The topological polar surface area (TPSA) is 32.8 Å². The van der Waals surface area contributed by atoms with Crippen LogP contribution in [0.1, 0.15) is 17.5 Å². The number of ether oxygens (including phenoxy) is 1. The summed E-state index contributed by atoms with van der Waals surface area (Å²) in [4.78, 5) is 17.8. The molecule has 0 saturated carbocycles. The molecule has 3 aliphatic rings. The molecule has 3 aliphatic heterocycles. The van der Waals surface area contributed by atoms with Crippen molar-refractivity contribution in [1.29, 1.82) is 0 Å². The molecule has 1 fully saturated rings. The van der Waals surface area contributed by atoms with Crippen LogP contribution in [0, 0.1) is 0 Å². The van der Waals surface area contributed by atoms with Crippen LogP contribution in [0.5, 0.6) is 0 Å². The molecule has 0 radical (unpaired) electrons. The molecule has 2 unspecified atom stereocenters. The Bertz CT molecular complexity index is 852. The highest BCUT2D eigenvalue weighted by atomic mass is 16.6. The van der Waals surface area contributed by atoms with E-state index in [1.54, 1.807) is 0 Å². The van der Waals surface area contributed by atoms with Gasteiger partial charge >= 0.3 is 5.97 Å². The van der Waals surface area contributed by atoms with Gasteiger partial charge in [0.1, 0.15) is 17.7 Å². The summed E-state index contributed by atoms with van der Waals surface area (Å²) in [5.74, 6) is -0.146. The third kappa shape index (κ3) is 2.55. The molecule has 4 heteroatoms. The van der Waals surface area contributed by atoms with E-state index in [0.29, 0.717) is 13.0 Å². The Hall–Kier alpha value is -3.01. The molecule has 2 aromatic carbocycles. The molecule has 4 nitrogen and oxygen atoms in total. The lowest BCUT2D eigenvalue weighted by atomic mass is 9.72. The fourth-order valence-corrected chi connectivity index (χ4v) is 4.54. The van der Waals surface area contributed by atoms with Crippen LogP contribution < -0.4 is 0 Å². The number of carbonyl (C=O) groups excluding carboxylic acids is 1. The van der Waals surface area contributed by atoms with Crippen LogP contribution in [-0.2, 0) is 14.9 Å². The Kier molecular flexibility index (Phi) is 3.78. The molecule has 27 heavy (non-hydrogen) atoms. The number of hydrogen-bond acceptors (Lipinski definition) is 4. The maximum atomic E-state index is 13.2. The van der Waals surface area contributed by atoms with E-state index in [0.717, 1.165) is 17.7 Å². The monoisotopic (exact) mass is 358 g/mol. The van der Waals surface area contributed by atoms with Gasteiger partial charge < -0.3 is 14.5 Å². The van der Waals surface area contributed by atoms with Gasteiger partial charge in [-0.2, -0.15) is 0 Å². The van der Waals surface area contributed by atoms with Gasteiger partial charge in [0, 0.05) is 25.4 Å². The first-order valence-corrected chi connectivity index (χ1v) is 9.46. The Morgan fingerprint density at radius 2 is 1.63 bits per heavy atom. The van der Waals surface area contributed by atoms with Crippen LogP contribution in [0.4, 0.5) is 0 Å². The molecule has 0 N–H and O–H groups in total. The fourth-order valence-electron chi connectivity index (χ4n) is 4.54. The van der Waals surface area contributed by atoms with Crippen molar-refractivity contribution in [2.24, 2.45) is 0 Å². The van der Waals surface area contributed by atoms with Gasteiger partial charge in [0.25, 0.3) is 0 Å². The molecule has 1 saturated heterocycles. The summed E-state index contributed by atoms with van der Waals surface area (Å²) in [6.45, 7) is 1.65. The predicted molar refractivity (Wildman–Crippen MR) is 104 cm³/mol. The van der Waals surface area contributed by atoms with Crippen LogP contribution in [0.15, 0.2) is 85.2 Å². The quantitative estimate of drug-likeness (QED) is 0.620. The SMILES string of the molecule is O=C1OC(CN2C=CN3CC=CC32)CC1(c1ccccc1)c1ccccc1. The lowest BCUT2D eigenvalue weighted by molar-refractivity contribution is -0.145. The van der Waals surface area contributed by atoms with Crippen LogP contribution >= 0.6 is 0 Å². The van der Waals surface area contributed by atoms with E-state index in [-0.39, 0.29) is 18.2 Å². The van der Waals surface area contributed by atoms with Gasteiger partial charge in [0.05, 0.1) is 6.54 Å². The summed E-state index contributed by atoms with van der Waals surface area (Å²) >= 11 is 0. The van der Waals surface area contributed by atoms with E-state index in [4.69, 9.17) is 4.74 Å². The second kappa shape index (κ2) is 6.31. The number of fused-ring (bicyclic) bond motifs is 1. The number of carbonyl (C=O) groups is 1. The minimum Gasteiger partial charge on any atom is -0.460 e. The van der Waals surface area contributed by atoms with Crippen LogP contribution in [0.25, 0.3) is 0 Å². The first kappa shape index (κ1) is 16.2. The van der Waals surface area contributed by atoms with Gasteiger partial charge in [0.2, 0.25) is 0 Å². The van der Waals surface area contributed by atoms with Gasteiger partial charge in [-0.1, -0.05) is 66.7 Å². The van der Waals surface area contributed by atoms with Crippen molar-refractivity contribution in [3.8, 4) is 0 Å². The first-order chi connectivity index (χ1) is 13.3. The number of nitrogens with zero attached hydrogens (tertiary/aromatic N) is 2. The molecule has 0 spiro atoms. The van der Waals surface area contributed by atoms with Gasteiger partial charge in [-0.25, -0.2) is 0 Å². The molecular weight excluding hydrogens is 336 g/mol. The molecule has 3 heterocycles. The van der Waals surface area contributed by atoms with Crippen molar-refractivity contribution in [2.45, 2.75) is 24.1 Å². The Balaban J connectivity index is 1.47. The number of cyclic esters (lactones) is 1. The number of esters is 1. The maximum Gasteiger partial charge on any atom is 0.321 e. The van der Waals surface area contributed by atoms with E-state index in [1.807, 2.05) is 60.7 Å². The van der Waals surface area contributed by atoms with Crippen LogP contribution in [-0.4, -0.2) is 41.1 Å². The zero-order valence-electron chi connectivity index (χ0n) is 15.1. The second-order valence-corrected chi connectivity index (χ2v) is 7.40. The molecule has 5 rings (SSSR count). The number of hydrogen-bond donors (Lipinski definition) is 0. The van der Waals surface area contributed by atoms with E-state index >= 15 is 0 Å². The van der Waals surface area contributed by atoms with Crippen molar-refractivity contribution in [1.82, 2.24) is 9.80 Å². The smallest absolute Gasteiger partial charge is 0.321 e. The van der Waals surface area contributed by atoms with E-state index < -0.39 is 5.41 Å². The van der Waals surface area contributed by atoms with Gasteiger partial charge in [-0.05, 0) is 17.2 Å². The average Bonchev–Trinajstić information content (AvgIpc) is 3.40. The molecule has 0 aromatic heterocycles. The molecule has 2 aromatic rings. The van der Waals surface area contributed by atoms with E-state index in [2.05, 4.69) is 34.4 Å². The van der Waals surface area contributed by atoms with Crippen LogP contribution in [0.3, 0.4) is 0 Å². The normalized spacial score (nSPS) is 25.1. The van der Waals surface area contributed by atoms with Crippen molar-refractivity contribution in [3.63, 3.8) is 0 Å². The lowest BCUT2D eigenvalue weighted by Gasteiger charge is -2.29. The fraction of sp³-hybridized carbons (Fsp3) is 0.261. The number of benzene rings is 2. The van der Waals surface area contributed by atoms with Crippen molar-refractivity contribution in [3.05, 3.63) is 96.3 Å². The molecular formula is C23H22N2O2. The minimum absolute atomic E-state index is 0.142. The third-order valence-electron chi connectivity index (χ3n) is 5.86. The maximum absolute atomic E-state index is 13.2. The standard InChI is InChI=1S/C23H22N2O2/c26-22-23(18-8-3-1-4-9-18,19-10-5-2-6-11-19)16-20(27-22)17-25-15-14-24-13-7-12-21(24)25/h1-12,14-15,20-21H,13,16-17H2. The highest BCUT2D eigenvalue weighted by molar-refractivity contribution is 5.89. The van der Waals surface area contributed by atoms with Crippen molar-refractivity contribution < 1.29 is 9.53 Å². The highest BCUT2D eigenvalue weighted by Gasteiger charge is 2.52. The summed E-state index contributed by atoms with van der Waals surface area (Å²) in [5.41, 5.74) is 1.27. The molecule has 136 valence electrons. The zero-order chi connectivity index (χ0) is 18.3. The third-order valence-corrected chi connectivity index (χ3v) is 5.86. The minimum atomic E-state index is -0.734. The van der Waals surface area contributed by atoms with Crippen molar-refractivity contribution in [2.75, 3.05) is 13.1 Å². The van der Waals surface area contributed by atoms with E-state index in [1.165, 1.54) is 0 Å². The van der Waals surface area contributed by atoms with Gasteiger partial charge in [-0.3, -0.25) is 4.79 Å². The molecule has 0 aliphatic carbocycles. The Morgan fingerprint density at radius 1 is 0.963 bits per heavy atom. The summed E-state index contributed by atoms with van der Waals surface area (Å²) < 4.78 is 5.94. The molecule has 2 atom stereocenters. The van der Waals surface area contributed by atoms with Gasteiger partial charge in [-0.15, -0.1) is 0 Å². The van der Waals surface area contributed by atoms with Crippen molar-refractivity contribution >= 4 is 5.97 Å². The van der Waals surface area contributed by atoms with E-state index in [9.17, 15) is 4.79 Å². The lowest BCUT2D eigenvalue weighted by Crippen LogP contribution is -2.38. The average molecular weight is 358 g/mol. The summed E-state index contributed by atoms with van der Waals surface area (Å²) in [6.07, 6.45) is 9.37. The number of rotatable bonds is 4. The Labute approximate surface area is 159 Å².